The molecule has 0 spiro atoms. The van der Waals surface area contributed by atoms with Crippen LogP contribution in [0.2, 0.25) is 0 Å². The Morgan fingerprint density at radius 1 is 1.29 bits per heavy atom. The summed E-state index contributed by atoms with van der Waals surface area (Å²) in [6.07, 6.45) is 2.99. The molecule has 17 heavy (non-hydrogen) atoms. The van der Waals surface area contributed by atoms with Crippen LogP contribution in [0.3, 0.4) is 0 Å². The van der Waals surface area contributed by atoms with E-state index in [-0.39, 0.29) is 0 Å². The Balaban J connectivity index is 1.93. The molecule has 2 unspecified atom stereocenters. The van der Waals surface area contributed by atoms with E-state index in [2.05, 4.69) is 26.9 Å². The third-order valence-electron chi connectivity index (χ3n) is 3.46. The van der Waals surface area contributed by atoms with Crippen molar-refractivity contribution in [2.75, 3.05) is 18.0 Å². The lowest BCUT2D eigenvalue weighted by molar-refractivity contribution is 0.0305. The molecular weight excluding hydrogens is 280 g/mol. The van der Waals surface area contributed by atoms with Crippen LogP contribution in [-0.2, 0) is 4.74 Å². The van der Waals surface area contributed by atoms with Gasteiger partial charge < -0.3 is 9.64 Å². The van der Waals surface area contributed by atoms with Crippen molar-refractivity contribution in [2.24, 2.45) is 0 Å². The molecule has 88 valence electrons. The first-order valence-corrected chi connectivity index (χ1v) is 6.65. The van der Waals surface area contributed by atoms with Crippen molar-refractivity contribution in [2.45, 2.75) is 25.0 Å². The lowest BCUT2D eigenvalue weighted by Crippen LogP contribution is -2.42. The van der Waals surface area contributed by atoms with E-state index in [0.717, 1.165) is 41.7 Å². The number of rotatable bonds is 1. The van der Waals surface area contributed by atoms with Gasteiger partial charge in [-0.25, -0.2) is 0 Å². The van der Waals surface area contributed by atoms with Crippen LogP contribution in [0.15, 0.2) is 22.7 Å². The van der Waals surface area contributed by atoms with E-state index >= 15 is 0 Å². The number of anilines is 1. The molecule has 2 aliphatic rings. The molecule has 2 aliphatic heterocycles. The Morgan fingerprint density at radius 3 is 2.65 bits per heavy atom. The van der Waals surface area contributed by atoms with Crippen LogP contribution in [-0.4, -0.2) is 25.3 Å². The molecular formula is C13H13BrN2O. The van der Waals surface area contributed by atoms with Gasteiger partial charge in [-0.05, 0) is 31.0 Å². The van der Waals surface area contributed by atoms with Crippen molar-refractivity contribution in [1.29, 1.82) is 5.26 Å². The van der Waals surface area contributed by atoms with E-state index in [1.807, 2.05) is 18.2 Å². The average Bonchev–Trinajstić information content (AvgIpc) is 2.68. The predicted octanol–water partition coefficient (Wildman–Crippen LogP) is 2.69. The highest BCUT2D eigenvalue weighted by molar-refractivity contribution is 9.10. The molecule has 1 aromatic carbocycles. The molecule has 0 aromatic heterocycles. The summed E-state index contributed by atoms with van der Waals surface area (Å²) in [6, 6.07) is 8.08. The third kappa shape index (κ3) is 2.05. The van der Waals surface area contributed by atoms with Crippen molar-refractivity contribution in [3.63, 3.8) is 0 Å². The first-order valence-electron chi connectivity index (χ1n) is 5.86. The number of ether oxygens (including phenoxy) is 1. The van der Waals surface area contributed by atoms with E-state index in [1.54, 1.807) is 0 Å². The van der Waals surface area contributed by atoms with Gasteiger partial charge in [-0.3, -0.25) is 0 Å². The Kier molecular flexibility index (Phi) is 2.81. The zero-order valence-corrected chi connectivity index (χ0v) is 11.0. The lowest BCUT2D eigenvalue weighted by atomic mass is 10.1. The molecule has 0 N–H and O–H groups in total. The highest BCUT2D eigenvalue weighted by Gasteiger charge is 2.34. The van der Waals surface area contributed by atoms with Crippen LogP contribution in [0.1, 0.15) is 18.4 Å². The minimum absolute atomic E-state index is 0.347. The molecule has 2 bridgehead atoms. The van der Waals surface area contributed by atoms with E-state index in [4.69, 9.17) is 10.00 Å². The van der Waals surface area contributed by atoms with Crippen LogP contribution in [0.5, 0.6) is 0 Å². The number of hydrogen-bond acceptors (Lipinski definition) is 3. The Hall–Kier alpha value is -1.05. The number of fused-ring (bicyclic) bond motifs is 2. The van der Waals surface area contributed by atoms with Crippen molar-refractivity contribution in [1.82, 2.24) is 0 Å². The lowest BCUT2D eigenvalue weighted by Gasteiger charge is -2.34. The van der Waals surface area contributed by atoms with Gasteiger partial charge in [-0.15, -0.1) is 0 Å². The van der Waals surface area contributed by atoms with Crippen LogP contribution in [0.4, 0.5) is 5.69 Å². The smallest absolute Gasteiger partial charge is 0.101 e. The molecule has 4 heteroatoms. The first kappa shape index (κ1) is 11.1. The predicted molar refractivity (Wildman–Crippen MR) is 69.0 cm³/mol. The maximum Gasteiger partial charge on any atom is 0.101 e. The molecule has 3 nitrogen and oxygen atoms in total. The van der Waals surface area contributed by atoms with Crippen molar-refractivity contribution < 1.29 is 4.74 Å². The Morgan fingerprint density at radius 2 is 2.00 bits per heavy atom. The highest BCUT2D eigenvalue weighted by Crippen LogP contribution is 2.32. The van der Waals surface area contributed by atoms with Crippen molar-refractivity contribution in [3.8, 4) is 6.07 Å². The number of nitrogens with zero attached hydrogens (tertiary/aromatic N) is 2. The zero-order valence-electron chi connectivity index (χ0n) is 9.40. The van der Waals surface area contributed by atoms with Gasteiger partial charge >= 0.3 is 0 Å². The van der Waals surface area contributed by atoms with Crippen molar-refractivity contribution >= 4 is 21.6 Å². The summed E-state index contributed by atoms with van der Waals surface area (Å²) >= 11 is 3.47. The molecule has 2 fully saturated rings. The summed E-state index contributed by atoms with van der Waals surface area (Å²) in [4.78, 5) is 2.29. The van der Waals surface area contributed by atoms with E-state index in [9.17, 15) is 0 Å². The fourth-order valence-corrected chi connectivity index (χ4v) is 3.02. The van der Waals surface area contributed by atoms with Gasteiger partial charge in [-0.1, -0.05) is 15.9 Å². The van der Waals surface area contributed by atoms with E-state index in [0.29, 0.717) is 12.2 Å². The molecule has 2 heterocycles. The second kappa shape index (κ2) is 4.32. The second-order valence-corrected chi connectivity index (χ2v) is 5.55. The maximum absolute atomic E-state index is 9.16. The van der Waals surface area contributed by atoms with Gasteiger partial charge in [-0.2, -0.15) is 5.26 Å². The second-order valence-electron chi connectivity index (χ2n) is 4.64. The van der Waals surface area contributed by atoms with Gasteiger partial charge in [0.2, 0.25) is 0 Å². The average molecular weight is 293 g/mol. The summed E-state index contributed by atoms with van der Waals surface area (Å²) in [6.45, 7) is 1.81. The van der Waals surface area contributed by atoms with Crippen LogP contribution < -0.4 is 4.90 Å². The number of nitriles is 1. The normalized spacial score (nSPS) is 26.9. The summed E-state index contributed by atoms with van der Waals surface area (Å²) in [5.41, 5.74) is 1.77. The number of benzene rings is 1. The van der Waals surface area contributed by atoms with E-state index < -0.39 is 0 Å². The van der Waals surface area contributed by atoms with Gasteiger partial charge in [0.25, 0.3) is 0 Å². The molecule has 0 amide bonds. The topological polar surface area (TPSA) is 36.3 Å². The van der Waals surface area contributed by atoms with Crippen LogP contribution in [0.25, 0.3) is 0 Å². The van der Waals surface area contributed by atoms with Gasteiger partial charge in [0.05, 0.1) is 23.5 Å². The Bertz CT molecular complexity index is 471. The number of halogens is 1. The maximum atomic E-state index is 9.16. The SMILES string of the molecule is N#Cc1ccc(Br)cc1N1CC2CCC(C1)O2. The fraction of sp³-hybridized carbons (Fsp3) is 0.462. The minimum Gasteiger partial charge on any atom is -0.371 e. The van der Waals surface area contributed by atoms with Crippen LogP contribution >= 0.6 is 15.9 Å². The summed E-state index contributed by atoms with van der Waals surface area (Å²) in [5, 5.41) is 9.16. The number of hydrogen-bond donors (Lipinski definition) is 0. The number of morpholine rings is 1. The minimum atomic E-state index is 0.347. The first-order chi connectivity index (χ1) is 8.26. The van der Waals surface area contributed by atoms with Gasteiger partial charge in [0.15, 0.2) is 0 Å². The molecule has 0 aliphatic carbocycles. The standard InChI is InChI=1S/C13H13BrN2O/c14-10-2-1-9(6-15)13(5-10)16-7-11-3-4-12(8-16)17-11/h1-2,5,11-12H,3-4,7-8H2. The zero-order chi connectivity index (χ0) is 11.8. The molecule has 1 aromatic rings. The Labute approximate surface area is 109 Å². The summed E-state index contributed by atoms with van der Waals surface area (Å²) < 4.78 is 6.84. The third-order valence-corrected chi connectivity index (χ3v) is 3.96. The highest BCUT2D eigenvalue weighted by atomic mass is 79.9. The summed E-state index contributed by atoms with van der Waals surface area (Å²) in [7, 11) is 0. The van der Waals surface area contributed by atoms with Crippen molar-refractivity contribution in [3.05, 3.63) is 28.2 Å². The molecule has 2 saturated heterocycles. The van der Waals surface area contributed by atoms with Gasteiger partial charge in [0.1, 0.15) is 6.07 Å². The summed E-state index contributed by atoms with van der Waals surface area (Å²) in [5.74, 6) is 0. The molecule has 0 saturated carbocycles. The van der Waals surface area contributed by atoms with Crippen LogP contribution in [0, 0.1) is 11.3 Å². The molecule has 3 rings (SSSR count). The molecule has 0 radical (unpaired) electrons. The largest absolute Gasteiger partial charge is 0.371 e. The quantitative estimate of drug-likeness (QED) is 0.798. The van der Waals surface area contributed by atoms with E-state index in [1.165, 1.54) is 0 Å². The fourth-order valence-electron chi connectivity index (χ4n) is 2.67. The van der Waals surface area contributed by atoms with Gasteiger partial charge in [0, 0.05) is 17.6 Å². The monoisotopic (exact) mass is 292 g/mol. The molecule has 2 atom stereocenters.